The van der Waals surface area contributed by atoms with Gasteiger partial charge >= 0.3 is 5.97 Å². The molecule has 5 atom stereocenters. The first-order valence-electron chi connectivity index (χ1n) is 7.30. The molecule has 0 aromatic heterocycles. The summed E-state index contributed by atoms with van der Waals surface area (Å²) in [6, 6.07) is 0. The highest BCUT2D eigenvalue weighted by atomic mass is 16.8. The molecule has 0 aliphatic carbocycles. The Hall–Kier alpha value is -0.690. The first kappa shape index (κ1) is 16.7. The van der Waals surface area contributed by atoms with Gasteiger partial charge in [0.25, 0.3) is 0 Å². The van der Waals surface area contributed by atoms with Gasteiger partial charge in [0.15, 0.2) is 18.2 Å². The summed E-state index contributed by atoms with van der Waals surface area (Å²) in [5.74, 6) is -1.04. The van der Waals surface area contributed by atoms with Crippen molar-refractivity contribution in [2.45, 2.75) is 78.0 Å². The van der Waals surface area contributed by atoms with Crippen molar-refractivity contribution < 1.29 is 28.5 Å². The monoisotopic (exact) mass is 302 g/mol. The summed E-state index contributed by atoms with van der Waals surface area (Å²) in [5.41, 5.74) is -0.581. The summed E-state index contributed by atoms with van der Waals surface area (Å²) in [5, 5.41) is 0. The van der Waals surface area contributed by atoms with Crippen LogP contribution in [0.1, 0.15) is 41.5 Å². The van der Waals surface area contributed by atoms with Gasteiger partial charge in [0.1, 0.15) is 12.2 Å². The number of ether oxygens (including phenoxy) is 5. The van der Waals surface area contributed by atoms with Crippen LogP contribution in [0.3, 0.4) is 0 Å². The molecule has 0 bridgehead atoms. The lowest BCUT2D eigenvalue weighted by atomic mass is 9.95. The molecule has 2 aliphatic rings. The second kappa shape index (κ2) is 5.50. The first-order valence-corrected chi connectivity index (χ1v) is 7.30. The maximum atomic E-state index is 12.2. The predicted octanol–water partition coefficient (Wildman–Crippen LogP) is 1.86. The van der Waals surface area contributed by atoms with E-state index in [1.807, 2.05) is 41.5 Å². The average molecular weight is 302 g/mol. The van der Waals surface area contributed by atoms with Gasteiger partial charge in [-0.25, -0.2) is 0 Å². The molecule has 2 rings (SSSR count). The zero-order valence-electron chi connectivity index (χ0n) is 13.8. The fourth-order valence-electron chi connectivity index (χ4n) is 2.57. The number of carbonyl (C=O) groups is 1. The third-order valence-corrected chi connectivity index (χ3v) is 3.65. The van der Waals surface area contributed by atoms with Gasteiger partial charge in [-0.3, -0.25) is 4.79 Å². The zero-order chi connectivity index (χ0) is 16.0. The lowest BCUT2D eigenvalue weighted by Gasteiger charge is -2.40. The Labute approximate surface area is 126 Å². The Balaban J connectivity index is 2.19. The Morgan fingerprint density at radius 3 is 2.24 bits per heavy atom. The molecule has 0 amide bonds. The molecule has 2 aliphatic heterocycles. The summed E-state index contributed by atoms with van der Waals surface area (Å²) in [4.78, 5) is 12.2. The molecule has 2 saturated heterocycles. The molecule has 2 fully saturated rings. The van der Waals surface area contributed by atoms with Crippen LogP contribution in [0.5, 0.6) is 0 Å². The van der Waals surface area contributed by atoms with Crippen LogP contribution in [0, 0.1) is 5.41 Å². The van der Waals surface area contributed by atoms with Crippen LogP contribution in [-0.4, -0.2) is 49.6 Å². The van der Waals surface area contributed by atoms with Crippen molar-refractivity contribution in [3.05, 3.63) is 0 Å². The normalized spacial score (nSPS) is 38.9. The van der Waals surface area contributed by atoms with E-state index in [-0.39, 0.29) is 12.1 Å². The van der Waals surface area contributed by atoms with E-state index in [0.29, 0.717) is 0 Å². The van der Waals surface area contributed by atoms with Gasteiger partial charge in [0.05, 0.1) is 11.5 Å². The third kappa shape index (κ3) is 3.39. The number of esters is 1. The Morgan fingerprint density at radius 1 is 1.14 bits per heavy atom. The molecule has 0 aromatic rings. The summed E-state index contributed by atoms with van der Waals surface area (Å²) in [7, 11) is 1.56. The second-order valence-electron chi connectivity index (χ2n) is 7.13. The molecule has 0 radical (unpaired) electrons. The molecule has 2 heterocycles. The van der Waals surface area contributed by atoms with Crippen LogP contribution in [0.15, 0.2) is 0 Å². The molecule has 6 nitrogen and oxygen atoms in total. The van der Waals surface area contributed by atoms with Crippen molar-refractivity contribution in [2.24, 2.45) is 5.41 Å². The van der Waals surface area contributed by atoms with E-state index in [1.165, 1.54) is 0 Å². The highest BCUT2D eigenvalue weighted by molar-refractivity contribution is 5.75. The molecule has 0 N–H and O–H groups in total. The molecule has 21 heavy (non-hydrogen) atoms. The summed E-state index contributed by atoms with van der Waals surface area (Å²) in [6.07, 6.45) is -2.20. The molecule has 0 unspecified atom stereocenters. The van der Waals surface area contributed by atoms with Gasteiger partial charge in [0, 0.05) is 7.11 Å². The van der Waals surface area contributed by atoms with Crippen LogP contribution in [0.4, 0.5) is 0 Å². The van der Waals surface area contributed by atoms with E-state index in [0.717, 1.165) is 0 Å². The smallest absolute Gasteiger partial charge is 0.311 e. The highest BCUT2D eigenvalue weighted by Crippen LogP contribution is 2.39. The summed E-state index contributed by atoms with van der Waals surface area (Å²) in [6.45, 7) is 10.9. The van der Waals surface area contributed by atoms with Crippen LogP contribution >= 0.6 is 0 Å². The van der Waals surface area contributed by atoms with Crippen LogP contribution < -0.4 is 0 Å². The van der Waals surface area contributed by atoms with Gasteiger partial charge in [-0.05, 0) is 41.5 Å². The minimum atomic E-state index is -0.758. The largest absolute Gasteiger partial charge is 0.456 e. The van der Waals surface area contributed by atoms with E-state index >= 15 is 0 Å². The van der Waals surface area contributed by atoms with E-state index < -0.39 is 35.8 Å². The van der Waals surface area contributed by atoms with Crippen LogP contribution in [-0.2, 0) is 28.5 Å². The number of methoxy groups -OCH3 is 1. The Morgan fingerprint density at radius 2 is 1.71 bits per heavy atom. The molecule has 0 spiro atoms. The molecular formula is C15H26O6. The van der Waals surface area contributed by atoms with E-state index in [4.69, 9.17) is 23.7 Å². The standard InChI is InChI=1S/C15H26O6/c1-8-9(19-13(16)14(2,3)4)10-11(12(17-7)18-8)21-15(5,6)20-10/h8-12H,1-7H3/t8-,9-,10+,11+,12+/m0/s1. The molecule has 6 heteroatoms. The minimum absolute atomic E-state index is 0.286. The number of rotatable bonds is 2. The SMILES string of the molecule is CO[C@@H]1O[C@@H](C)[C@H](OC(=O)C(C)(C)C)[C@H]2OC(C)(C)O[C@@H]12. The van der Waals surface area contributed by atoms with Gasteiger partial charge in [-0.1, -0.05) is 0 Å². The quantitative estimate of drug-likeness (QED) is 0.726. The number of hydrogen-bond acceptors (Lipinski definition) is 6. The number of hydrogen-bond donors (Lipinski definition) is 0. The fourth-order valence-corrected chi connectivity index (χ4v) is 2.57. The van der Waals surface area contributed by atoms with E-state index in [1.54, 1.807) is 7.11 Å². The summed E-state index contributed by atoms with van der Waals surface area (Å²) >= 11 is 0. The Kier molecular flexibility index (Phi) is 4.37. The Bertz CT molecular complexity index is 399. The molecule has 0 aromatic carbocycles. The van der Waals surface area contributed by atoms with Gasteiger partial charge in [-0.15, -0.1) is 0 Å². The van der Waals surface area contributed by atoms with Crippen LogP contribution in [0.25, 0.3) is 0 Å². The third-order valence-electron chi connectivity index (χ3n) is 3.65. The maximum Gasteiger partial charge on any atom is 0.311 e. The predicted molar refractivity (Wildman–Crippen MR) is 74.5 cm³/mol. The van der Waals surface area contributed by atoms with Crippen molar-refractivity contribution in [3.63, 3.8) is 0 Å². The van der Waals surface area contributed by atoms with Gasteiger partial charge < -0.3 is 23.7 Å². The van der Waals surface area contributed by atoms with E-state index in [2.05, 4.69) is 0 Å². The van der Waals surface area contributed by atoms with Crippen molar-refractivity contribution in [1.82, 2.24) is 0 Å². The topological polar surface area (TPSA) is 63.2 Å². The molecular weight excluding hydrogens is 276 g/mol. The molecule has 0 saturated carbocycles. The summed E-state index contributed by atoms with van der Waals surface area (Å²) < 4.78 is 28.5. The van der Waals surface area contributed by atoms with E-state index in [9.17, 15) is 4.79 Å². The number of fused-ring (bicyclic) bond motifs is 1. The average Bonchev–Trinajstić information content (AvgIpc) is 2.66. The van der Waals surface area contributed by atoms with Crippen LogP contribution in [0.2, 0.25) is 0 Å². The van der Waals surface area contributed by atoms with Gasteiger partial charge in [0.2, 0.25) is 0 Å². The van der Waals surface area contributed by atoms with Gasteiger partial charge in [-0.2, -0.15) is 0 Å². The first-order chi connectivity index (χ1) is 9.55. The lowest BCUT2D eigenvalue weighted by Crippen LogP contribution is -2.57. The van der Waals surface area contributed by atoms with Crippen molar-refractivity contribution in [2.75, 3.05) is 7.11 Å². The van der Waals surface area contributed by atoms with Crippen molar-refractivity contribution >= 4 is 5.97 Å². The van der Waals surface area contributed by atoms with Crippen molar-refractivity contribution in [3.8, 4) is 0 Å². The minimum Gasteiger partial charge on any atom is -0.456 e. The molecule has 122 valence electrons. The zero-order valence-corrected chi connectivity index (χ0v) is 13.8. The second-order valence-corrected chi connectivity index (χ2v) is 7.13. The number of carbonyl (C=O) groups excluding carboxylic acids is 1. The fraction of sp³-hybridized carbons (Fsp3) is 0.933. The highest BCUT2D eigenvalue weighted by Gasteiger charge is 2.56. The lowest BCUT2D eigenvalue weighted by molar-refractivity contribution is -0.268. The van der Waals surface area contributed by atoms with Crippen molar-refractivity contribution in [1.29, 1.82) is 0 Å². The maximum absolute atomic E-state index is 12.2.